The van der Waals surface area contributed by atoms with Gasteiger partial charge in [-0.2, -0.15) is 0 Å². The molecule has 0 N–H and O–H groups in total. The van der Waals surface area contributed by atoms with Crippen molar-refractivity contribution < 1.29 is 0 Å². The summed E-state index contributed by atoms with van der Waals surface area (Å²) < 4.78 is 0. The van der Waals surface area contributed by atoms with Gasteiger partial charge in [-0.25, -0.2) is 0 Å². The van der Waals surface area contributed by atoms with Crippen molar-refractivity contribution in [2.75, 3.05) is 31.1 Å². The molecule has 0 saturated carbocycles. The summed E-state index contributed by atoms with van der Waals surface area (Å²) in [4.78, 5) is 13.9. The monoisotopic (exact) mass is 322 g/mol. The maximum absolute atomic E-state index is 4.49. The van der Waals surface area contributed by atoms with Crippen LogP contribution in [-0.2, 0) is 6.54 Å². The minimum absolute atomic E-state index is 0.573. The Labute approximate surface area is 144 Å². The molecule has 0 radical (unpaired) electrons. The average molecular weight is 322 g/mol. The molecule has 2 aromatic rings. The average Bonchev–Trinajstić information content (AvgIpc) is 3.18. The van der Waals surface area contributed by atoms with E-state index in [0.29, 0.717) is 5.92 Å². The zero-order valence-electron chi connectivity index (χ0n) is 14.3. The molecule has 0 amide bonds. The number of rotatable bonds is 4. The molecular formula is C20H26N4. The van der Waals surface area contributed by atoms with Crippen LogP contribution in [0.3, 0.4) is 0 Å². The lowest BCUT2D eigenvalue weighted by molar-refractivity contribution is 0.203. The summed E-state index contributed by atoms with van der Waals surface area (Å²) >= 11 is 0. The molecule has 24 heavy (non-hydrogen) atoms. The van der Waals surface area contributed by atoms with E-state index in [1.54, 1.807) is 6.20 Å². The summed E-state index contributed by atoms with van der Waals surface area (Å²) in [5.41, 5.74) is 4.10. The van der Waals surface area contributed by atoms with Gasteiger partial charge in [-0.3, -0.25) is 14.9 Å². The van der Waals surface area contributed by atoms with Gasteiger partial charge in [-0.1, -0.05) is 18.2 Å². The van der Waals surface area contributed by atoms with Crippen LogP contribution in [0.2, 0.25) is 0 Å². The van der Waals surface area contributed by atoms with Crippen molar-refractivity contribution in [1.29, 1.82) is 0 Å². The Balaban J connectivity index is 1.39. The molecule has 0 atom stereocenters. The van der Waals surface area contributed by atoms with Gasteiger partial charge in [-0.15, -0.1) is 0 Å². The molecule has 0 bridgehead atoms. The first-order valence-corrected chi connectivity index (χ1v) is 9.21. The Morgan fingerprint density at radius 1 is 0.958 bits per heavy atom. The minimum atomic E-state index is 0.573. The van der Waals surface area contributed by atoms with Gasteiger partial charge < -0.3 is 4.90 Å². The third-order valence-corrected chi connectivity index (χ3v) is 5.42. The Hall–Kier alpha value is -1.94. The topological polar surface area (TPSA) is 32.3 Å². The van der Waals surface area contributed by atoms with Gasteiger partial charge in [0.2, 0.25) is 0 Å². The summed E-state index contributed by atoms with van der Waals surface area (Å²) in [7, 11) is 0. The number of likely N-dealkylation sites (tertiary alicyclic amines) is 1. The predicted octanol–water partition coefficient (Wildman–Crippen LogP) is 3.46. The van der Waals surface area contributed by atoms with Crippen LogP contribution < -0.4 is 4.90 Å². The van der Waals surface area contributed by atoms with Gasteiger partial charge in [0.15, 0.2) is 0 Å². The van der Waals surface area contributed by atoms with Crippen molar-refractivity contribution in [3.63, 3.8) is 0 Å². The van der Waals surface area contributed by atoms with E-state index >= 15 is 0 Å². The SMILES string of the molecule is c1ccc(N2CCCC2)c(CN2CCC(c3cnccn3)CC2)c1. The fourth-order valence-corrected chi connectivity index (χ4v) is 4.06. The standard InChI is InChI=1S/C20H26N4/c1-2-6-20(24-11-3-4-12-24)18(5-1)16-23-13-7-17(8-14-23)19-15-21-9-10-22-19/h1-2,5-6,9-10,15,17H,3-4,7-8,11-14,16H2. The van der Waals surface area contributed by atoms with Crippen LogP contribution in [0.25, 0.3) is 0 Å². The van der Waals surface area contributed by atoms with E-state index < -0.39 is 0 Å². The molecule has 4 heteroatoms. The second-order valence-corrected chi connectivity index (χ2v) is 7.00. The summed E-state index contributed by atoms with van der Waals surface area (Å²) in [5, 5.41) is 0. The van der Waals surface area contributed by atoms with Crippen molar-refractivity contribution in [3.05, 3.63) is 54.1 Å². The van der Waals surface area contributed by atoms with E-state index in [4.69, 9.17) is 0 Å². The summed E-state index contributed by atoms with van der Waals surface area (Å²) in [6.45, 7) is 5.79. The zero-order chi connectivity index (χ0) is 16.2. The third kappa shape index (κ3) is 3.44. The van der Waals surface area contributed by atoms with Crippen LogP contribution in [0.1, 0.15) is 42.9 Å². The molecule has 0 unspecified atom stereocenters. The van der Waals surface area contributed by atoms with Crippen LogP contribution >= 0.6 is 0 Å². The largest absolute Gasteiger partial charge is 0.371 e. The van der Waals surface area contributed by atoms with Crippen LogP contribution in [0.4, 0.5) is 5.69 Å². The molecule has 0 aliphatic carbocycles. The van der Waals surface area contributed by atoms with Crippen molar-refractivity contribution in [3.8, 4) is 0 Å². The second-order valence-electron chi connectivity index (χ2n) is 7.00. The highest BCUT2D eigenvalue weighted by Crippen LogP contribution is 2.29. The molecule has 1 aromatic heterocycles. The van der Waals surface area contributed by atoms with E-state index in [-0.39, 0.29) is 0 Å². The third-order valence-electron chi connectivity index (χ3n) is 5.42. The van der Waals surface area contributed by atoms with Crippen molar-refractivity contribution in [2.45, 2.75) is 38.1 Å². The molecule has 126 valence electrons. The lowest BCUT2D eigenvalue weighted by atomic mass is 9.93. The Morgan fingerprint density at radius 2 is 1.75 bits per heavy atom. The first kappa shape index (κ1) is 15.6. The lowest BCUT2D eigenvalue weighted by Crippen LogP contribution is -2.33. The van der Waals surface area contributed by atoms with Crippen LogP contribution in [0.5, 0.6) is 0 Å². The number of piperidine rings is 1. The van der Waals surface area contributed by atoms with Gasteiger partial charge in [0.25, 0.3) is 0 Å². The smallest absolute Gasteiger partial charge is 0.0618 e. The number of aromatic nitrogens is 2. The van der Waals surface area contributed by atoms with Gasteiger partial charge in [0, 0.05) is 49.8 Å². The van der Waals surface area contributed by atoms with E-state index in [2.05, 4.69) is 44.0 Å². The molecule has 0 spiro atoms. The van der Waals surface area contributed by atoms with Gasteiger partial charge in [0.1, 0.15) is 0 Å². The predicted molar refractivity (Wildman–Crippen MR) is 97.2 cm³/mol. The summed E-state index contributed by atoms with van der Waals surface area (Å²) in [6.07, 6.45) is 10.5. The second kappa shape index (κ2) is 7.31. The zero-order valence-corrected chi connectivity index (χ0v) is 14.3. The van der Waals surface area contributed by atoms with Crippen LogP contribution in [0, 0.1) is 0 Å². The number of hydrogen-bond donors (Lipinski definition) is 0. The molecule has 2 saturated heterocycles. The highest BCUT2D eigenvalue weighted by atomic mass is 15.2. The summed E-state index contributed by atoms with van der Waals surface area (Å²) in [5.74, 6) is 0.573. The fourth-order valence-electron chi connectivity index (χ4n) is 4.06. The first-order valence-electron chi connectivity index (χ1n) is 9.21. The normalized spacial score (nSPS) is 19.8. The molecule has 2 aliphatic rings. The van der Waals surface area contributed by atoms with Gasteiger partial charge in [-0.05, 0) is 50.4 Å². The fraction of sp³-hybridized carbons (Fsp3) is 0.500. The molecule has 3 heterocycles. The number of benzene rings is 1. The Bertz CT molecular complexity index is 644. The Kier molecular flexibility index (Phi) is 4.74. The highest BCUT2D eigenvalue weighted by Gasteiger charge is 2.23. The van der Waals surface area contributed by atoms with Gasteiger partial charge in [0.05, 0.1) is 5.69 Å². The Morgan fingerprint density at radius 3 is 2.50 bits per heavy atom. The lowest BCUT2D eigenvalue weighted by Gasteiger charge is -2.32. The number of nitrogens with zero attached hydrogens (tertiary/aromatic N) is 4. The number of anilines is 1. The van der Waals surface area contributed by atoms with Crippen molar-refractivity contribution in [2.24, 2.45) is 0 Å². The van der Waals surface area contributed by atoms with Crippen LogP contribution in [-0.4, -0.2) is 41.0 Å². The van der Waals surface area contributed by atoms with E-state index in [0.717, 1.165) is 25.3 Å². The van der Waals surface area contributed by atoms with Crippen molar-refractivity contribution >= 4 is 5.69 Å². The van der Waals surface area contributed by atoms with E-state index in [1.165, 1.54) is 50.0 Å². The van der Waals surface area contributed by atoms with Crippen molar-refractivity contribution in [1.82, 2.24) is 14.9 Å². The quantitative estimate of drug-likeness (QED) is 0.863. The van der Waals surface area contributed by atoms with E-state index in [1.807, 2.05) is 12.4 Å². The highest BCUT2D eigenvalue weighted by molar-refractivity contribution is 5.54. The number of para-hydroxylation sites is 1. The molecular weight excluding hydrogens is 296 g/mol. The van der Waals surface area contributed by atoms with Crippen LogP contribution in [0.15, 0.2) is 42.9 Å². The van der Waals surface area contributed by atoms with Gasteiger partial charge >= 0.3 is 0 Å². The molecule has 4 rings (SSSR count). The maximum atomic E-state index is 4.49. The first-order chi connectivity index (χ1) is 11.9. The molecule has 4 nitrogen and oxygen atoms in total. The molecule has 2 fully saturated rings. The number of hydrogen-bond acceptors (Lipinski definition) is 4. The summed E-state index contributed by atoms with van der Waals surface area (Å²) in [6, 6.07) is 8.97. The van der Waals surface area contributed by atoms with E-state index in [9.17, 15) is 0 Å². The molecule has 2 aliphatic heterocycles. The minimum Gasteiger partial charge on any atom is -0.371 e. The maximum Gasteiger partial charge on any atom is 0.0618 e. The molecule has 1 aromatic carbocycles.